The van der Waals surface area contributed by atoms with E-state index in [4.69, 9.17) is 18.9 Å². The van der Waals surface area contributed by atoms with E-state index < -0.39 is 24.0 Å². The van der Waals surface area contributed by atoms with Gasteiger partial charge in [-0.1, -0.05) is 87.6 Å². The highest BCUT2D eigenvalue weighted by molar-refractivity contribution is 7.59. The zero-order chi connectivity index (χ0) is 46.4. The predicted octanol–water partition coefficient (Wildman–Crippen LogP) is 1.44. The molecule has 0 unspecified atom stereocenters. The van der Waals surface area contributed by atoms with E-state index in [-0.39, 0.29) is 104 Å². The second-order valence-electron chi connectivity index (χ2n) is 16.0. The van der Waals surface area contributed by atoms with Crippen LogP contribution in [0.4, 0.5) is 0 Å². The number of nitrogens with zero attached hydrogens (tertiary/aromatic N) is 2. The van der Waals surface area contributed by atoms with E-state index in [1.807, 2.05) is 72.8 Å². The summed E-state index contributed by atoms with van der Waals surface area (Å²) in [5, 5.41) is 9.72. The summed E-state index contributed by atoms with van der Waals surface area (Å²) in [4.78, 5) is 61.1. The first-order valence-corrected chi connectivity index (χ1v) is 22.9. The lowest BCUT2D eigenvalue weighted by atomic mass is 9.92. The Bertz CT molecular complexity index is 2340. The summed E-state index contributed by atoms with van der Waals surface area (Å²) in [5.41, 5.74) is 10.7. The Labute approximate surface area is 438 Å². The van der Waals surface area contributed by atoms with Crippen LogP contribution in [0.1, 0.15) is 90.4 Å². The first-order chi connectivity index (χ1) is 32.3. The van der Waals surface area contributed by atoms with Crippen molar-refractivity contribution in [3.63, 3.8) is 0 Å². The SMILES string of the molecule is C.C.S.[Cl-].[Cl-].[NH3+]CCCC[C@@H](NC(=O)CCCOc1ccc2ccccc2c1-c1c(OCCCC(=O)N[C@H](CCCC[NH3+])C(=O)OCc2ccccn2)ccc2ccccc12)C(=O)OCc1ccccn1. The number of amides is 2. The van der Waals surface area contributed by atoms with Crippen molar-refractivity contribution >= 4 is 58.8 Å². The van der Waals surface area contributed by atoms with E-state index in [0.717, 1.165) is 71.4 Å². The molecule has 0 saturated heterocycles. The number of nitrogens with one attached hydrogen (secondary N) is 2. The van der Waals surface area contributed by atoms with Gasteiger partial charge in [0.1, 0.15) is 36.8 Å². The molecule has 0 aliphatic carbocycles. The largest absolute Gasteiger partial charge is 1.00 e. The maximum absolute atomic E-state index is 13.2. The van der Waals surface area contributed by atoms with E-state index in [2.05, 4.69) is 44.2 Å². The van der Waals surface area contributed by atoms with Gasteiger partial charge in [-0.3, -0.25) is 19.6 Å². The molecule has 2 heterocycles. The van der Waals surface area contributed by atoms with E-state index >= 15 is 0 Å². The van der Waals surface area contributed by atoms with Crippen molar-refractivity contribution in [2.45, 2.75) is 104 Å². The highest BCUT2D eigenvalue weighted by Crippen LogP contribution is 2.45. The van der Waals surface area contributed by atoms with E-state index in [9.17, 15) is 19.2 Å². The van der Waals surface area contributed by atoms with Crippen molar-refractivity contribution in [2.24, 2.45) is 0 Å². The Kier molecular flexibility index (Phi) is 30.5. The number of benzene rings is 4. The van der Waals surface area contributed by atoms with E-state index in [1.165, 1.54) is 0 Å². The third-order valence-electron chi connectivity index (χ3n) is 11.0. The zero-order valence-corrected chi connectivity index (χ0v) is 41.4. The van der Waals surface area contributed by atoms with Crippen LogP contribution in [0, 0.1) is 0 Å². The van der Waals surface area contributed by atoms with Crippen molar-refractivity contribution in [3.8, 4) is 22.6 Å². The Balaban J connectivity index is 0.00000504. The summed E-state index contributed by atoms with van der Waals surface area (Å²) in [6.07, 6.45) is 8.35. The molecule has 0 fully saturated rings. The van der Waals surface area contributed by atoms with Gasteiger partial charge in [0.05, 0.1) is 37.7 Å². The van der Waals surface area contributed by atoms with Gasteiger partial charge in [-0.2, -0.15) is 13.5 Å². The van der Waals surface area contributed by atoms with Gasteiger partial charge in [0.2, 0.25) is 11.8 Å². The maximum Gasteiger partial charge on any atom is 0.329 e. The first kappa shape index (κ1) is 63.0. The number of fused-ring (bicyclic) bond motifs is 2. The second kappa shape index (κ2) is 34.4. The average molecular weight is 1040 g/mol. The standard InChI is InChI=1S/C52H60N6O8.2CH4.2ClH.H2S/c53-29-9-5-21-43(51(61)65-35-39-17-7-11-31-55-39)57-47(59)23-13-33-63-45-27-25-37-15-1-3-19-41(37)49(45)50-42-20-4-2-16-38(42)26-28-46(50)64-34-14-24-48(60)58-44(22-6-10-30-54)52(62)66-36-40-18-8-12-32-56-40;;;;;/h1-4,7-8,11-12,15-20,25-28,31-32,43-44H,5-6,9-10,13-14,21-24,29-30,33-36,53-54H2,(H,57,59)(H,58,60);2*1H4;2*1H;1H2/t43-,44-;;;;;/m1...../s1. The van der Waals surface area contributed by atoms with Crippen LogP contribution in [0.2, 0.25) is 0 Å². The minimum absolute atomic E-state index is 0. The minimum atomic E-state index is -0.780. The maximum atomic E-state index is 13.2. The monoisotopic (exact) mass is 1030 g/mol. The Morgan fingerprint density at radius 2 is 0.901 bits per heavy atom. The fraction of sp³-hybridized carbons (Fsp3) is 0.370. The lowest BCUT2D eigenvalue weighted by Crippen LogP contribution is -3.00. The average Bonchev–Trinajstić information content (AvgIpc) is 3.35. The van der Waals surface area contributed by atoms with Crippen LogP contribution >= 0.6 is 13.5 Å². The van der Waals surface area contributed by atoms with Crippen molar-refractivity contribution in [1.82, 2.24) is 20.6 Å². The molecule has 6 rings (SSSR count). The number of aromatic nitrogens is 2. The van der Waals surface area contributed by atoms with E-state index in [1.54, 1.807) is 36.7 Å². The lowest BCUT2D eigenvalue weighted by molar-refractivity contribution is -0.368. The number of rotatable bonds is 27. The third kappa shape index (κ3) is 19.6. The first-order valence-electron chi connectivity index (χ1n) is 22.9. The normalized spacial score (nSPS) is 11.1. The number of quaternary nitrogens is 2. The fourth-order valence-electron chi connectivity index (χ4n) is 7.63. The number of ether oxygens (including phenoxy) is 4. The third-order valence-corrected chi connectivity index (χ3v) is 11.0. The van der Waals surface area contributed by atoms with E-state index in [0.29, 0.717) is 48.6 Å². The van der Waals surface area contributed by atoms with Crippen LogP contribution in [-0.4, -0.2) is 72.1 Å². The summed E-state index contributed by atoms with van der Waals surface area (Å²) in [7, 11) is 0. The molecule has 17 heteroatoms. The number of hydrogen-bond acceptors (Lipinski definition) is 10. The van der Waals surface area contributed by atoms with Crippen molar-refractivity contribution in [1.29, 1.82) is 0 Å². The van der Waals surface area contributed by atoms with Gasteiger partial charge in [0, 0.05) is 36.4 Å². The van der Waals surface area contributed by atoms with Crippen LogP contribution in [0.25, 0.3) is 32.7 Å². The topological polar surface area (TPSA) is 210 Å². The molecule has 71 heavy (non-hydrogen) atoms. The van der Waals surface area contributed by atoms with Gasteiger partial charge in [-0.25, -0.2) is 9.59 Å². The highest BCUT2D eigenvalue weighted by Gasteiger charge is 2.25. The van der Waals surface area contributed by atoms with Gasteiger partial charge in [-0.05, 0) is 109 Å². The molecule has 0 radical (unpaired) electrons. The number of esters is 2. The molecular formula is C54H72Cl2N6O8S. The Hall–Kier alpha value is -5.97. The summed E-state index contributed by atoms with van der Waals surface area (Å²) >= 11 is 0. The van der Waals surface area contributed by atoms with Gasteiger partial charge in [0.15, 0.2) is 0 Å². The number of unbranched alkanes of at least 4 members (excludes halogenated alkanes) is 2. The molecule has 2 atom stereocenters. The quantitative estimate of drug-likeness (QED) is 0.0431. The molecule has 2 amide bonds. The number of pyridine rings is 2. The van der Waals surface area contributed by atoms with Gasteiger partial charge >= 0.3 is 11.9 Å². The number of hydrogen-bond donors (Lipinski definition) is 4. The molecular weight excluding hydrogens is 964 g/mol. The molecule has 6 aromatic rings. The lowest BCUT2D eigenvalue weighted by Gasteiger charge is -2.20. The molecule has 2 aromatic heterocycles. The van der Waals surface area contributed by atoms with Crippen molar-refractivity contribution in [3.05, 3.63) is 133 Å². The molecule has 8 N–H and O–H groups in total. The fourth-order valence-corrected chi connectivity index (χ4v) is 7.63. The summed E-state index contributed by atoms with van der Waals surface area (Å²) in [6, 6.07) is 33.3. The summed E-state index contributed by atoms with van der Waals surface area (Å²) < 4.78 is 24.1. The van der Waals surface area contributed by atoms with Crippen LogP contribution < -0.4 is 56.4 Å². The summed E-state index contributed by atoms with van der Waals surface area (Å²) in [5.74, 6) is -0.278. The highest BCUT2D eigenvalue weighted by atomic mass is 35.5. The Morgan fingerprint density at radius 3 is 1.28 bits per heavy atom. The smallest absolute Gasteiger partial charge is 0.329 e. The van der Waals surface area contributed by atoms with Crippen LogP contribution in [0.3, 0.4) is 0 Å². The molecule has 0 aliphatic rings. The van der Waals surface area contributed by atoms with Crippen molar-refractivity contribution < 1.29 is 74.4 Å². The predicted molar refractivity (Wildman–Crippen MR) is 275 cm³/mol. The zero-order valence-electron chi connectivity index (χ0n) is 38.8. The molecule has 4 aromatic carbocycles. The molecule has 0 bridgehead atoms. The van der Waals surface area contributed by atoms with Crippen LogP contribution in [0.5, 0.6) is 11.5 Å². The molecule has 0 aliphatic heterocycles. The second-order valence-corrected chi connectivity index (χ2v) is 16.0. The molecule has 386 valence electrons. The van der Waals surface area contributed by atoms with Gasteiger partial charge in [0.25, 0.3) is 0 Å². The molecule has 0 saturated carbocycles. The van der Waals surface area contributed by atoms with Gasteiger partial charge in [-0.15, -0.1) is 0 Å². The van der Waals surface area contributed by atoms with Crippen LogP contribution in [0.15, 0.2) is 122 Å². The number of carbonyl (C=O) groups excluding carboxylic acids is 4. The molecule has 0 spiro atoms. The number of carbonyl (C=O) groups is 4. The minimum Gasteiger partial charge on any atom is -1.00 e. The van der Waals surface area contributed by atoms with Crippen molar-refractivity contribution in [2.75, 3.05) is 26.3 Å². The van der Waals surface area contributed by atoms with Crippen LogP contribution in [-0.2, 0) is 41.9 Å². The molecule has 14 nitrogen and oxygen atoms in total. The summed E-state index contributed by atoms with van der Waals surface area (Å²) in [6.45, 7) is 1.98. The van der Waals surface area contributed by atoms with Gasteiger partial charge < -0.3 is 65.9 Å². The Morgan fingerprint density at radius 1 is 0.507 bits per heavy atom. The number of halogens is 2.